The minimum Gasteiger partial charge on any atom is -0.315 e. The third kappa shape index (κ3) is 3.76. The van der Waals surface area contributed by atoms with Crippen molar-refractivity contribution in [1.29, 1.82) is 0 Å². The highest BCUT2D eigenvalue weighted by Crippen LogP contribution is 2.31. The van der Waals surface area contributed by atoms with Crippen molar-refractivity contribution in [3.8, 4) is 0 Å². The van der Waals surface area contributed by atoms with Gasteiger partial charge in [0.05, 0.1) is 0 Å². The second kappa shape index (κ2) is 6.62. The van der Waals surface area contributed by atoms with E-state index in [-0.39, 0.29) is 15.1 Å². The van der Waals surface area contributed by atoms with Gasteiger partial charge in [-0.05, 0) is 32.1 Å². The van der Waals surface area contributed by atoms with Gasteiger partial charge in [-0.25, -0.2) is 8.42 Å². The Bertz CT molecular complexity index is 625. The molecule has 0 spiro atoms. The quantitative estimate of drug-likeness (QED) is 0.871. The average Bonchev–Trinajstić information content (AvgIpc) is 2.99. The molecular formula is C14H24N2O3S2. The number of rotatable bonds is 6. The lowest BCUT2D eigenvalue weighted by molar-refractivity contribution is 0.305. The summed E-state index contributed by atoms with van der Waals surface area (Å²) in [6.07, 6.45) is 4.86. The van der Waals surface area contributed by atoms with E-state index < -0.39 is 10.0 Å². The number of aryl methyl sites for hydroxylation is 1. The third-order valence-corrected chi connectivity index (χ3v) is 7.52. The number of hydrogen-bond donors (Lipinski definition) is 1. The Morgan fingerprint density at radius 1 is 1.33 bits per heavy atom. The van der Waals surface area contributed by atoms with Gasteiger partial charge in [-0.2, -0.15) is 4.31 Å². The summed E-state index contributed by atoms with van der Waals surface area (Å²) in [5, 5.41) is 0. The SMILES string of the molecule is Cc1[nH]c(=O)sc1S(=O)(=O)N(CCC(C)C)C1CCCC1. The first kappa shape index (κ1) is 16.7. The second-order valence-electron chi connectivity index (χ2n) is 6.16. The Labute approximate surface area is 130 Å². The standard InChI is InChI=1S/C14H24N2O3S2/c1-10(2)8-9-16(12-6-4-5-7-12)21(18,19)13-11(3)15-14(17)20-13/h10,12H,4-9H2,1-3H3,(H,15,17). The van der Waals surface area contributed by atoms with Crippen LogP contribution >= 0.6 is 11.3 Å². The van der Waals surface area contributed by atoms with Crippen LogP contribution < -0.4 is 4.87 Å². The predicted molar refractivity (Wildman–Crippen MR) is 85.3 cm³/mol. The van der Waals surface area contributed by atoms with Crippen molar-refractivity contribution in [2.24, 2.45) is 5.92 Å². The molecular weight excluding hydrogens is 308 g/mol. The van der Waals surface area contributed by atoms with Crippen LogP contribution in [-0.2, 0) is 10.0 Å². The lowest BCUT2D eigenvalue weighted by atomic mass is 10.1. The first-order chi connectivity index (χ1) is 9.82. The Morgan fingerprint density at radius 3 is 2.43 bits per heavy atom. The number of hydrogen-bond acceptors (Lipinski definition) is 4. The van der Waals surface area contributed by atoms with Crippen molar-refractivity contribution in [2.75, 3.05) is 6.54 Å². The van der Waals surface area contributed by atoms with Crippen LogP contribution in [0.3, 0.4) is 0 Å². The largest absolute Gasteiger partial charge is 0.315 e. The van der Waals surface area contributed by atoms with E-state index in [1.54, 1.807) is 11.2 Å². The first-order valence-electron chi connectivity index (χ1n) is 7.54. The molecule has 0 aliphatic heterocycles. The maximum atomic E-state index is 12.9. The third-order valence-electron chi connectivity index (χ3n) is 3.98. The minimum absolute atomic E-state index is 0.0883. The Morgan fingerprint density at radius 2 is 1.95 bits per heavy atom. The molecule has 0 amide bonds. The number of nitrogens with zero attached hydrogens (tertiary/aromatic N) is 1. The van der Waals surface area contributed by atoms with Crippen LogP contribution in [0.15, 0.2) is 9.00 Å². The summed E-state index contributed by atoms with van der Waals surface area (Å²) >= 11 is 0.802. The monoisotopic (exact) mass is 332 g/mol. The van der Waals surface area contributed by atoms with E-state index in [4.69, 9.17) is 0 Å². The number of aromatic nitrogens is 1. The normalized spacial score (nSPS) is 17.2. The molecule has 1 aliphatic rings. The lowest BCUT2D eigenvalue weighted by Crippen LogP contribution is -2.39. The number of H-pyrrole nitrogens is 1. The summed E-state index contributed by atoms with van der Waals surface area (Å²) in [7, 11) is -3.57. The minimum atomic E-state index is -3.57. The highest BCUT2D eigenvalue weighted by Gasteiger charge is 2.35. The number of sulfonamides is 1. The maximum Gasteiger partial charge on any atom is 0.305 e. The van der Waals surface area contributed by atoms with Crippen LogP contribution in [0.25, 0.3) is 0 Å². The Kier molecular flexibility index (Phi) is 5.27. The molecule has 0 atom stereocenters. The predicted octanol–water partition coefficient (Wildman–Crippen LogP) is 2.72. The van der Waals surface area contributed by atoms with Gasteiger partial charge in [0.15, 0.2) is 4.21 Å². The maximum absolute atomic E-state index is 12.9. The van der Waals surface area contributed by atoms with Crippen LogP contribution in [0, 0.1) is 12.8 Å². The zero-order chi connectivity index (χ0) is 15.6. The molecule has 7 heteroatoms. The molecule has 21 heavy (non-hydrogen) atoms. The molecule has 1 saturated carbocycles. The van der Waals surface area contributed by atoms with Crippen molar-refractivity contribution in [2.45, 2.75) is 63.1 Å². The van der Waals surface area contributed by atoms with E-state index in [1.807, 2.05) is 0 Å². The first-order valence-corrected chi connectivity index (χ1v) is 9.79. The summed E-state index contributed by atoms with van der Waals surface area (Å²) in [5.41, 5.74) is 0.456. The Hall–Kier alpha value is -0.660. The van der Waals surface area contributed by atoms with E-state index in [2.05, 4.69) is 18.8 Å². The van der Waals surface area contributed by atoms with Gasteiger partial charge in [-0.1, -0.05) is 38.0 Å². The molecule has 1 aliphatic carbocycles. The molecule has 0 unspecified atom stereocenters. The van der Waals surface area contributed by atoms with Crippen LogP contribution in [0.2, 0.25) is 0 Å². The van der Waals surface area contributed by atoms with Crippen molar-refractivity contribution < 1.29 is 8.42 Å². The van der Waals surface area contributed by atoms with Gasteiger partial charge in [0.1, 0.15) is 0 Å². The molecule has 0 radical (unpaired) electrons. The van der Waals surface area contributed by atoms with E-state index in [0.717, 1.165) is 43.4 Å². The lowest BCUT2D eigenvalue weighted by Gasteiger charge is -2.28. The smallest absolute Gasteiger partial charge is 0.305 e. The highest BCUT2D eigenvalue weighted by molar-refractivity contribution is 7.91. The van der Waals surface area contributed by atoms with Gasteiger partial charge in [0.2, 0.25) is 0 Å². The zero-order valence-corrected chi connectivity index (χ0v) is 14.5. The summed E-state index contributed by atoms with van der Waals surface area (Å²) in [6, 6.07) is 0.0883. The number of nitrogens with one attached hydrogen (secondary N) is 1. The van der Waals surface area contributed by atoms with E-state index in [1.165, 1.54) is 0 Å². The molecule has 0 saturated heterocycles. The van der Waals surface area contributed by atoms with E-state index in [0.29, 0.717) is 18.2 Å². The zero-order valence-electron chi connectivity index (χ0n) is 12.9. The van der Waals surface area contributed by atoms with Gasteiger partial charge < -0.3 is 4.98 Å². The molecule has 1 aromatic rings. The second-order valence-corrected chi connectivity index (χ2v) is 9.23. The van der Waals surface area contributed by atoms with Crippen molar-refractivity contribution >= 4 is 21.4 Å². The summed E-state index contributed by atoms with van der Waals surface area (Å²) in [6.45, 7) is 6.38. The molecule has 1 fully saturated rings. The highest BCUT2D eigenvalue weighted by atomic mass is 32.2. The molecule has 1 N–H and O–H groups in total. The molecule has 1 aromatic heterocycles. The van der Waals surface area contributed by atoms with Crippen molar-refractivity contribution in [3.63, 3.8) is 0 Å². The summed E-state index contributed by atoms with van der Waals surface area (Å²) < 4.78 is 27.7. The van der Waals surface area contributed by atoms with Gasteiger partial charge in [0, 0.05) is 18.3 Å². The fourth-order valence-corrected chi connectivity index (χ4v) is 5.93. The van der Waals surface area contributed by atoms with Gasteiger partial charge >= 0.3 is 4.87 Å². The van der Waals surface area contributed by atoms with Crippen molar-refractivity contribution in [3.05, 3.63) is 15.4 Å². The van der Waals surface area contributed by atoms with Gasteiger partial charge in [0.25, 0.3) is 10.0 Å². The van der Waals surface area contributed by atoms with E-state index in [9.17, 15) is 13.2 Å². The molecule has 5 nitrogen and oxygen atoms in total. The fraction of sp³-hybridized carbons (Fsp3) is 0.786. The molecule has 120 valence electrons. The summed E-state index contributed by atoms with van der Waals surface area (Å²) in [5.74, 6) is 0.454. The number of aromatic amines is 1. The Balaban J connectivity index is 2.33. The van der Waals surface area contributed by atoms with Gasteiger partial charge in [-0.3, -0.25) is 4.79 Å². The number of thiazole rings is 1. The van der Waals surface area contributed by atoms with Crippen LogP contribution in [0.1, 0.15) is 51.6 Å². The van der Waals surface area contributed by atoms with E-state index >= 15 is 0 Å². The molecule has 1 heterocycles. The summed E-state index contributed by atoms with van der Waals surface area (Å²) in [4.78, 5) is 13.7. The van der Waals surface area contributed by atoms with Gasteiger partial charge in [-0.15, -0.1) is 0 Å². The fourth-order valence-electron chi connectivity index (χ4n) is 2.82. The molecule has 0 bridgehead atoms. The van der Waals surface area contributed by atoms with Crippen LogP contribution in [-0.4, -0.2) is 30.3 Å². The van der Waals surface area contributed by atoms with Crippen LogP contribution in [0.4, 0.5) is 0 Å². The average molecular weight is 332 g/mol. The topological polar surface area (TPSA) is 70.2 Å². The molecule has 2 rings (SSSR count). The van der Waals surface area contributed by atoms with Crippen molar-refractivity contribution in [1.82, 2.24) is 9.29 Å². The molecule has 0 aromatic carbocycles. The van der Waals surface area contributed by atoms with Crippen LogP contribution in [0.5, 0.6) is 0 Å².